The number of alkyl halides is 3. The Morgan fingerprint density at radius 1 is 1.17 bits per heavy atom. The molecule has 1 saturated heterocycles. The standard InChI is InChI=1S/C21H22BrF3N2O.ClH/c1-13-3-5-14(6-4-13)18-12-26-8-7-19(18)27(2)20(28)15-9-16(21(23,24)25)11-17(22)10-15;/h3-6,9-11,18-19,26H,7-8,12H2,1-2H3;1H/t18-,19+;/m0./s1. The van der Waals surface area contributed by atoms with Crippen LogP contribution in [0.25, 0.3) is 0 Å². The maximum absolute atomic E-state index is 13.1. The van der Waals surface area contributed by atoms with Gasteiger partial charge in [0.2, 0.25) is 0 Å². The molecule has 1 aliphatic rings. The lowest BCUT2D eigenvalue weighted by Gasteiger charge is -2.39. The van der Waals surface area contributed by atoms with Gasteiger partial charge in [-0.1, -0.05) is 45.8 Å². The molecule has 2 atom stereocenters. The summed E-state index contributed by atoms with van der Waals surface area (Å²) in [6.45, 7) is 3.50. The highest BCUT2D eigenvalue weighted by Gasteiger charge is 2.34. The second-order valence-corrected chi connectivity index (χ2v) is 8.14. The number of likely N-dealkylation sites (N-methyl/N-ethyl adjacent to an activating group) is 1. The quantitative estimate of drug-likeness (QED) is 0.622. The topological polar surface area (TPSA) is 32.3 Å². The average Bonchev–Trinajstić information content (AvgIpc) is 2.66. The lowest BCUT2D eigenvalue weighted by molar-refractivity contribution is -0.137. The van der Waals surface area contributed by atoms with Crippen LogP contribution < -0.4 is 5.32 Å². The van der Waals surface area contributed by atoms with Crippen molar-refractivity contribution in [1.82, 2.24) is 10.2 Å². The molecule has 1 N–H and O–H groups in total. The molecule has 1 amide bonds. The molecular formula is C21H23BrClF3N2O. The van der Waals surface area contributed by atoms with Crippen LogP contribution >= 0.6 is 28.3 Å². The number of carbonyl (C=O) groups is 1. The zero-order valence-corrected chi connectivity index (χ0v) is 18.5. The zero-order valence-electron chi connectivity index (χ0n) is 16.1. The monoisotopic (exact) mass is 490 g/mol. The van der Waals surface area contributed by atoms with Crippen molar-refractivity contribution >= 4 is 34.2 Å². The third-order valence-corrected chi connectivity index (χ3v) is 5.70. The molecule has 29 heavy (non-hydrogen) atoms. The summed E-state index contributed by atoms with van der Waals surface area (Å²) in [5, 5.41) is 3.36. The van der Waals surface area contributed by atoms with Crippen molar-refractivity contribution in [2.24, 2.45) is 0 Å². The molecule has 0 radical (unpaired) electrons. The van der Waals surface area contributed by atoms with Gasteiger partial charge in [-0.2, -0.15) is 13.2 Å². The van der Waals surface area contributed by atoms with E-state index in [1.165, 1.54) is 6.07 Å². The molecule has 1 aliphatic heterocycles. The van der Waals surface area contributed by atoms with Crippen molar-refractivity contribution in [1.29, 1.82) is 0 Å². The molecule has 3 rings (SSSR count). The van der Waals surface area contributed by atoms with E-state index in [9.17, 15) is 18.0 Å². The summed E-state index contributed by atoms with van der Waals surface area (Å²) in [4.78, 5) is 14.6. The van der Waals surface area contributed by atoms with E-state index in [1.54, 1.807) is 11.9 Å². The third-order valence-electron chi connectivity index (χ3n) is 5.24. The zero-order chi connectivity index (χ0) is 20.5. The number of nitrogens with zero attached hydrogens (tertiary/aromatic N) is 1. The molecule has 0 unspecified atom stereocenters. The van der Waals surface area contributed by atoms with E-state index in [0.29, 0.717) is 0 Å². The molecule has 0 spiro atoms. The van der Waals surface area contributed by atoms with Crippen LogP contribution in [-0.2, 0) is 6.18 Å². The van der Waals surface area contributed by atoms with Crippen molar-refractivity contribution in [3.63, 3.8) is 0 Å². The Labute approximate surface area is 183 Å². The highest BCUT2D eigenvalue weighted by atomic mass is 79.9. The number of hydrogen-bond acceptors (Lipinski definition) is 2. The van der Waals surface area contributed by atoms with Crippen LogP contribution in [0.3, 0.4) is 0 Å². The number of halogens is 5. The van der Waals surface area contributed by atoms with Gasteiger partial charge in [-0.3, -0.25) is 4.79 Å². The summed E-state index contributed by atoms with van der Waals surface area (Å²) < 4.78 is 39.6. The van der Waals surface area contributed by atoms with Crippen LogP contribution in [0.5, 0.6) is 0 Å². The maximum atomic E-state index is 13.1. The molecular weight excluding hydrogens is 469 g/mol. The van der Waals surface area contributed by atoms with Gasteiger partial charge in [-0.25, -0.2) is 0 Å². The Balaban J connectivity index is 0.00000300. The third kappa shape index (κ3) is 5.53. The van der Waals surface area contributed by atoms with Gasteiger partial charge in [0.25, 0.3) is 5.91 Å². The fourth-order valence-corrected chi connectivity index (χ4v) is 4.19. The van der Waals surface area contributed by atoms with Gasteiger partial charge in [0.05, 0.1) is 5.56 Å². The van der Waals surface area contributed by atoms with E-state index in [0.717, 1.165) is 42.8 Å². The summed E-state index contributed by atoms with van der Waals surface area (Å²) >= 11 is 3.09. The molecule has 1 fully saturated rings. The van der Waals surface area contributed by atoms with Crippen molar-refractivity contribution in [3.8, 4) is 0 Å². The maximum Gasteiger partial charge on any atom is 0.416 e. The second kappa shape index (κ2) is 9.49. The molecule has 0 aliphatic carbocycles. The second-order valence-electron chi connectivity index (χ2n) is 7.22. The van der Waals surface area contributed by atoms with Gasteiger partial charge in [0.15, 0.2) is 0 Å². The van der Waals surface area contributed by atoms with Crippen molar-refractivity contribution in [2.45, 2.75) is 31.5 Å². The predicted octanol–water partition coefficient (Wildman–Crippen LogP) is 5.42. The molecule has 8 heteroatoms. The lowest BCUT2D eigenvalue weighted by atomic mass is 9.85. The van der Waals surface area contributed by atoms with Gasteiger partial charge in [-0.15, -0.1) is 12.4 Å². The fraction of sp³-hybridized carbons (Fsp3) is 0.381. The molecule has 2 aromatic rings. The number of piperidine rings is 1. The van der Waals surface area contributed by atoms with E-state index in [4.69, 9.17) is 0 Å². The number of rotatable bonds is 3. The first kappa shape index (κ1) is 23.7. The van der Waals surface area contributed by atoms with Crippen LogP contribution in [0.1, 0.15) is 39.4 Å². The van der Waals surface area contributed by atoms with Crippen molar-refractivity contribution in [3.05, 3.63) is 69.2 Å². The molecule has 0 bridgehead atoms. The molecule has 3 nitrogen and oxygen atoms in total. The van der Waals surface area contributed by atoms with E-state index in [1.807, 2.05) is 19.1 Å². The van der Waals surface area contributed by atoms with Crippen LogP contribution in [0.15, 0.2) is 46.9 Å². The summed E-state index contributed by atoms with van der Waals surface area (Å²) in [6.07, 6.45) is -3.77. The Bertz CT molecular complexity index is 858. The summed E-state index contributed by atoms with van der Waals surface area (Å²) in [6, 6.07) is 11.4. The SMILES string of the molecule is Cc1ccc([C@@H]2CNCC[C@H]2N(C)C(=O)c2cc(Br)cc(C(F)(F)F)c2)cc1.Cl. The number of benzene rings is 2. The summed E-state index contributed by atoms with van der Waals surface area (Å²) in [5.41, 5.74) is 1.47. The highest BCUT2D eigenvalue weighted by Crippen LogP contribution is 2.33. The Morgan fingerprint density at radius 2 is 1.83 bits per heavy atom. The first-order valence-electron chi connectivity index (χ1n) is 9.09. The van der Waals surface area contributed by atoms with Crippen LogP contribution in [-0.4, -0.2) is 37.0 Å². The number of hydrogen-bond donors (Lipinski definition) is 1. The minimum Gasteiger partial charge on any atom is -0.338 e. The Morgan fingerprint density at radius 3 is 2.45 bits per heavy atom. The van der Waals surface area contributed by atoms with Crippen LogP contribution in [0, 0.1) is 6.92 Å². The number of nitrogens with one attached hydrogen (secondary N) is 1. The van der Waals surface area contributed by atoms with E-state index < -0.39 is 17.6 Å². The molecule has 0 aromatic heterocycles. The lowest BCUT2D eigenvalue weighted by Crippen LogP contribution is -2.49. The number of aryl methyl sites for hydroxylation is 1. The van der Waals surface area contributed by atoms with Gasteiger partial charge in [-0.05, 0) is 43.7 Å². The van der Waals surface area contributed by atoms with Gasteiger partial charge in [0.1, 0.15) is 0 Å². The molecule has 2 aromatic carbocycles. The van der Waals surface area contributed by atoms with Crippen LogP contribution in [0.4, 0.5) is 13.2 Å². The largest absolute Gasteiger partial charge is 0.416 e. The van der Waals surface area contributed by atoms with Crippen molar-refractivity contribution < 1.29 is 18.0 Å². The number of amides is 1. The fourth-order valence-electron chi connectivity index (χ4n) is 3.69. The Hall–Kier alpha value is -1.57. The van der Waals surface area contributed by atoms with Crippen molar-refractivity contribution in [2.75, 3.05) is 20.1 Å². The molecule has 1 heterocycles. The smallest absolute Gasteiger partial charge is 0.338 e. The van der Waals surface area contributed by atoms with Gasteiger partial charge < -0.3 is 10.2 Å². The first-order chi connectivity index (χ1) is 13.2. The number of carbonyl (C=O) groups excluding carboxylic acids is 1. The predicted molar refractivity (Wildman–Crippen MR) is 114 cm³/mol. The van der Waals surface area contributed by atoms with E-state index >= 15 is 0 Å². The van der Waals surface area contributed by atoms with E-state index in [2.05, 4.69) is 33.4 Å². The van der Waals surface area contributed by atoms with E-state index in [-0.39, 0.29) is 34.4 Å². The first-order valence-corrected chi connectivity index (χ1v) is 9.88. The summed E-state index contributed by atoms with van der Waals surface area (Å²) in [5.74, 6) is -0.326. The van der Waals surface area contributed by atoms with Gasteiger partial charge in [0, 0.05) is 35.6 Å². The highest BCUT2D eigenvalue weighted by molar-refractivity contribution is 9.10. The molecule has 158 valence electrons. The van der Waals surface area contributed by atoms with Gasteiger partial charge >= 0.3 is 6.18 Å². The summed E-state index contributed by atoms with van der Waals surface area (Å²) in [7, 11) is 1.67. The normalized spacial score (nSPS) is 19.4. The molecule has 0 saturated carbocycles. The average molecular weight is 492 g/mol. The minimum absolute atomic E-state index is 0. The van der Waals surface area contributed by atoms with Crippen LogP contribution in [0.2, 0.25) is 0 Å². The minimum atomic E-state index is -4.50. The Kier molecular flexibility index (Phi) is 7.76.